The van der Waals surface area contributed by atoms with Gasteiger partial charge < -0.3 is 10.6 Å². The smallest absolute Gasteiger partial charge is 0.101 e. The summed E-state index contributed by atoms with van der Waals surface area (Å²) in [7, 11) is 1.98. The molecule has 0 fully saturated rings. The van der Waals surface area contributed by atoms with Crippen molar-refractivity contribution in [1.82, 2.24) is 4.98 Å². The molecular weight excluding hydrogens is 236 g/mol. The third-order valence-corrected chi connectivity index (χ3v) is 2.94. The van der Waals surface area contributed by atoms with Gasteiger partial charge in [-0.05, 0) is 37.3 Å². The van der Waals surface area contributed by atoms with Gasteiger partial charge in [-0.15, -0.1) is 0 Å². The largest absolute Gasteiger partial charge is 0.398 e. The van der Waals surface area contributed by atoms with Crippen LogP contribution in [0.5, 0.6) is 0 Å². The number of hydrogen-bond acceptors (Lipinski definition) is 4. The monoisotopic (exact) mass is 252 g/mol. The Kier molecular flexibility index (Phi) is 3.67. The summed E-state index contributed by atoms with van der Waals surface area (Å²) in [5, 5.41) is 8.86. The number of anilines is 2. The van der Waals surface area contributed by atoms with Crippen LogP contribution >= 0.6 is 0 Å². The van der Waals surface area contributed by atoms with Gasteiger partial charge in [0.2, 0.25) is 0 Å². The highest BCUT2D eigenvalue weighted by molar-refractivity contribution is 5.63. The Bertz CT molecular complexity index is 628. The van der Waals surface area contributed by atoms with Gasteiger partial charge in [0, 0.05) is 18.4 Å². The highest BCUT2D eigenvalue weighted by Crippen LogP contribution is 2.21. The van der Waals surface area contributed by atoms with E-state index in [-0.39, 0.29) is 0 Å². The van der Waals surface area contributed by atoms with Crippen molar-refractivity contribution in [1.29, 1.82) is 5.26 Å². The van der Waals surface area contributed by atoms with E-state index in [4.69, 9.17) is 11.0 Å². The van der Waals surface area contributed by atoms with Crippen molar-refractivity contribution in [3.63, 3.8) is 0 Å². The van der Waals surface area contributed by atoms with Crippen LogP contribution in [0.4, 0.5) is 11.4 Å². The number of aryl methyl sites for hydroxylation is 1. The van der Waals surface area contributed by atoms with Crippen LogP contribution in [0.3, 0.4) is 0 Å². The number of rotatable bonds is 3. The van der Waals surface area contributed by atoms with Gasteiger partial charge >= 0.3 is 0 Å². The average Bonchev–Trinajstić information content (AvgIpc) is 2.38. The van der Waals surface area contributed by atoms with Crippen molar-refractivity contribution >= 4 is 11.4 Å². The molecule has 19 heavy (non-hydrogen) atoms. The molecule has 0 saturated heterocycles. The van der Waals surface area contributed by atoms with Crippen molar-refractivity contribution in [2.75, 3.05) is 17.7 Å². The normalized spacial score (nSPS) is 9.95. The first-order chi connectivity index (χ1) is 9.10. The van der Waals surface area contributed by atoms with E-state index in [0.29, 0.717) is 17.8 Å². The standard InChI is InChI=1S/C15H16N4/c1-11-4-3-5-13(18-11)10-19(2)14-7-6-12(9-16)15(17)8-14/h3-8H,10,17H2,1-2H3. The molecule has 4 heteroatoms. The van der Waals surface area contributed by atoms with E-state index in [2.05, 4.69) is 16.0 Å². The van der Waals surface area contributed by atoms with Gasteiger partial charge in [0.05, 0.1) is 23.5 Å². The second-order valence-electron chi connectivity index (χ2n) is 4.51. The fourth-order valence-corrected chi connectivity index (χ4v) is 1.91. The first-order valence-electron chi connectivity index (χ1n) is 6.03. The van der Waals surface area contributed by atoms with Crippen LogP contribution in [0.25, 0.3) is 0 Å². The number of nitrogen functional groups attached to an aromatic ring is 1. The molecule has 1 heterocycles. The predicted octanol–water partition coefficient (Wildman–Crippen LogP) is 2.48. The second kappa shape index (κ2) is 5.40. The van der Waals surface area contributed by atoms with E-state index >= 15 is 0 Å². The van der Waals surface area contributed by atoms with E-state index < -0.39 is 0 Å². The summed E-state index contributed by atoms with van der Waals surface area (Å²) in [6, 6.07) is 13.5. The molecule has 1 aromatic carbocycles. The van der Waals surface area contributed by atoms with Crippen molar-refractivity contribution in [3.8, 4) is 6.07 Å². The fourth-order valence-electron chi connectivity index (χ4n) is 1.91. The van der Waals surface area contributed by atoms with Crippen LogP contribution in [0.1, 0.15) is 17.0 Å². The van der Waals surface area contributed by atoms with Crippen molar-refractivity contribution < 1.29 is 0 Å². The average molecular weight is 252 g/mol. The third-order valence-electron chi connectivity index (χ3n) is 2.94. The predicted molar refractivity (Wildman–Crippen MR) is 76.7 cm³/mol. The molecule has 0 atom stereocenters. The second-order valence-corrected chi connectivity index (χ2v) is 4.51. The molecule has 2 N–H and O–H groups in total. The first-order valence-corrected chi connectivity index (χ1v) is 6.03. The van der Waals surface area contributed by atoms with Crippen LogP contribution in [-0.2, 0) is 6.54 Å². The Morgan fingerprint density at radius 1 is 1.32 bits per heavy atom. The SMILES string of the molecule is Cc1cccc(CN(C)c2ccc(C#N)c(N)c2)n1. The molecule has 96 valence electrons. The number of pyridine rings is 1. The zero-order valence-corrected chi connectivity index (χ0v) is 11.1. The van der Waals surface area contributed by atoms with E-state index in [1.54, 1.807) is 6.07 Å². The zero-order chi connectivity index (χ0) is 13.8. The molecule has 2 rings (SSSR count). The minimum Gasteiger partial charge on any atom is -0.398 e. The molecule has 0 aliphatic rings. The molecular formula is C15H16N4. The Hall–Kier alpha value is -2.54. The van der Waals surface area contributed by atoms with Crippen LogP contribution in [0.15, 0.2) is 36.4 Å². The zero-order valence-electron chi connectivity index (χ0n) is 11.1. The summed E-state index contributed by atoms with van der Waals surface area (Å²) >= 11 is 0. The lowest BCUT2D eigenvalue weighted by Crippen LogP contribution is -2.17. The molecule has 0 radical (unpaired) electrons. The molecule has 0 spiro atoms. The highest BCUT2D eigenvalue weighted by Gasteiger charge is 2.06. The Morgan fingerprint density at radius 2 is 2.11 bits per heavy atom. The minimum absolute atomic E-state index is 0.504. The minimum atomic E-state index is 0.504. The lowest BCUT2D eigenvalue weighted by atomic mass is 10.1. The Balaban J connectivity index is 2.18. The summed E-state index contributed by atoms with van der Waals surface area (Å²) in [5.74, 6) is 0. The third kappa shape index (κ3) is 3.02. The summed E-state index contributed by atoms with van der Waals surface area (Å²) in [5.41, 5.74) is 9.81. The van der Waals surface area contributed by atoms with Crippen LogP contribution in [0.2, 0.25) is 0 Å². The number of benzene rings is 1. The fraction of sp³-hybridized carbons (Fsp3) is 0.200. The van der Waals surface area contributed by atoms with Crippen LogP contribution in [0, 0.1) is 18.3 Å². The van der Waals surface area contributed by atoms with Crippen molar-refractivity contribution in [3.05, 3.63) is 53.3 Å². The Labute approximate surface area is 113 Å². The molecule has 2 aromatic rings. The molecule has 0 aliphatic carbocycles. The van der Waals surface area contributed by atoms with E-state index in [1.165, 1.54) is 0 Å². The number of hydrogen-bond donors (Lipinski definition) is 1. The molecule has 1 aromatic heterocycles. The molecule has 0 bridgehead atoms. The van der Waals surface area contributed by atoms with Gasteiger partial charge in [-0.1, -0.05) is 6.07 Å². The van der Waals surface area contributed by atoms with Crippen molar-refractivity contribution in [2.24, 2.45) is 0 Å². The molecule has 0 saturated carbocycles. The maximum absolute atomic E-state index is 8.86. The molecule has 0 aliphatic heterocycles. The van der Waals surface area contributed by atoms with Crippen LogP contribution < -0.4 is 10.6 Å². The van der Waals surface area contributed by atoms with E-state index in [1.807, 2.05) is 44.3 Å². The van der Waals surface area contributed by atoms with Gasteiger partial charge in [0.15, 0.2) is 0 Å². The van der Waals surface area contributed by atoms with Gasteiger partial charge in [0.25, 0.3) is 0 Å². The topological polar surface area (TPSA) is 65.9 Å². The van der Waals surface area contributed by atoms with E-state index in [9.17, 15) is 0 Å². The highest BCUT2D eigenvalue weighted by atomic mass is 15.1. The number of nitrogens with two attached hydrogens (primary N) is 1. The lowest BCUT2D eigenvalue weighted by molar-refractivity contribution is 0.877. The summed E-state index contributed by atoms with van der Waals surface area (Å²) in [4.78, 5) is 6.52. The molecule has 0 amide bonds. The van der Waals surface area contributed by atoms with Gasteiger partial charge in [0.1, 0.15) is 6.07 Å². The summed E-state index contributed by atoms with van der Waals surface area (Å²) in [6.45, 7) is 2.68. The Morgan fingerprint density at radius 3 is 2.74 bits per heavy atom. The first kappa shape index (κ1) is 12.9. The number of aromatic nitrogens is 1. The van der Waals surface area contributed by atoms with E-state index in [0.717, 1.165) is 17.1 Å². The summed E-state index contributed by atoms with van der Waals surface area (Å²) in [6.07, 6.45) is 0. The maximum Gasteiger partial charge on any atom is 0.101 e. The van der Waals surface area contributed by atoms with Crippen molar-refractivity contribution in [2.45, 2.75) is 13.5 Å². The molecule has 4 nitrogen and oxygen atoms in total. The number of nitrogens with zero attached hydrogens (tertiary/aromatic N) is 3. The van der Waals surface area contributed by atoms with Crippen LogP contribution in [-0.4, -0.2) is 12.0 Å². The number of nitriles is 1. The maximum atomic E-state index is 8.86. The van der Waals surface area contributed by atoms with Gasteiger partial charge in [-0.3, -0.25) is 4.98 Å². The summed E-state index contributed by atoms with van der Waals surface area (Å²) < 4.78 is 0. The molecule has 0 unspecified atom stereocenters. The van der Waals surface area contributed by atoms with Gasteiger partial charge in [-0.25, -0.2) is 0 Å². The quantitative estimate of drug-likeness (QED) is 0.852. The lowest BCUT2D eigenvalue weighted by Gasteiger charge is -2.19. The van der Waals surface area contributed by atoms with Gasteiger partial charge in [-0.2, -0.15) is 5.26 Å².